The zero-order chi connectivity index (χ0) is 12.3. The second-order valence-corrected chi connectivity index (χ2v) is 5.30. The molecule has 0 saturated carbocycles. The molecule has 17 heavy (non-hydrogen) atoms. The Labute approximate surface area is 104 Å². The van der Waals surface area contributed by atoms with Crippen molar-refractivity contribution in [2.24, 2.45) is 5.92 Å². The van der Waals surface area contributed by atoms with E-state index in [1.807, 2.05) is 11.9 Å². The zero-order valence-corrected chi connectivity index (χ0v) is 10.9. The lowest BCUT2D eigenvalue weighted by atomic mass is 9.98. The molecule has 1 amide bonds. The summed E-state index contributed by atoms with van der Waals surface area (Å²) in [4.78, 5) is 14.5. The molecule has 1 N–H and O–H groups in total. The quantitative estimate of drug-likeness (QED) is 0.800. The van der Waals surface area contributed by atoms with Crippen molar-refractivity contribution in [3.8, 4) is 0 Å². The SMILES string of the molecule is CNCC1CCCCN1C(=O)C1OCCC1C. The van der Waals surface area contributed by atoms with Crippen LogP contribution < -0.4 is 5.32 Å². The Morgan fingerprint density at radius 3 is 2.88 bits per heavy atom. The van der Waals surface area contributed by atoms with Crippen molar-refractivity contribution in [2.45, 2.75) is 44.8 Å². The van der Waals surface area contributed by atoms with Gasteiger partial charge >= 0.3 is 0 Å². The topological polar surface area (TPSA) is 41.6 Å². The number of hydrogen-bond donors (Lipinski definition) is 1. The van der Waals surface area contributed by atoms with Crippen molar-refractivity contribution in [3.05, 3.63) is 0 Å². The van der Waals surface area contributed by atoms with Gasteiger partial charge in [0.25, 0.3) is 5.91 Å². The Hall–Kier alpha value is -0.610. The van der Waals surface area contributed by atoms with E-state index in [1.54, 1.807) is 0 Å². The molecule has 0 aromatic carbocycles. The summed E-state index contributed by atoms with van der Waals surface area (Å²) in [6, 6.07) is 0.359. The molecule has 2 rings (SSSR count). The maximum atomic E-state index is 12.5. The van der Waals surface area contributed by atoms with Gasteiger partial charge in [0, 0.05) is 25.7 Å². The Morgan fingerprint density at radius 1 is 1.41 bits per heavy atom. The normalized spacial score (nSPS) is 34.0. The van der Waals surface area contributed by atoms with Crippen LogP contribution in [-0.4, -0.2) is 49.7 Å². The minimum absolute atomic E-state index is 0.188. The average Bonchev–Trinajstić information content (AvgIpc) is 2.76. The van der Waals surface area contributed by atoms with E-state index in [1.165, 1.54) is 6.42 Å². The Morgan fingerprint density at radius 2 is 2.24 bits per heavy atom. The van der Waals surface area contributed by atoms with E-state index in [9.17, 15) is 4.79 Å². The number of nitrogens with zero attached hydrogens (tertiary/aromatic N) is 1. The summed E-state index contributed by atoms with van der Waals surface area (Å²) in [6.45, 7) is 4.65. The molecule has 0 aromatic rings. The van der Waals surface area contributed by atoms with Gasteiger partial charge in [-0.3, -0.25) is 4.79 Å². The molecular formula is C13H24N2O2. The number of ether oxygens (including phenoxy) is 1. The first-order valence-corrected chi connectivity index (χ1v) is 6.80. The molecule has 0 spiro atoms. The summed E-state index contributed by atoms with van der Waals surface area (Å²) in [5.74, 6) is 0.592. The van der Waals surface area contributed by atoms with E-state index >= 15 is 0 Å². The number of likely N-dealkylation sites (N-methyl/N-ethyl adjacent to an activating group) is 1. The molecule has 2 aliphatic rings. The number of rotatable bonds is 3. The third kappa shape index (κ3) is 2.80. The highest BCUT2D eigenvalue weighted by Crippen LogP contribution is 2.25. The van der Waals surface area contributed by atoms with Crippen molar-refractivity contribution < 1.29 is 9.53 Å². The maximum absolute atomic E-state index is 12.5. The van der Waals surface area contributed by atoms with Crippen LogP contribution in [0.4, 0.5) is 0 Å². The van der Waals surface area contributed by atoms with Gasteiger partial charge in [0.15, 0.2) is 0 Å². The molecule has 0 aromatic heterocycles. The van der Waals surface area contributed by atoms with Crippen molar-refractivity contribution >= 4 is 5.91 Å². The lowest BCUT2D eigenvalue weighted by Gasteiger charge is -2.37. The fraction of sp³-hybridized carbons (Fsp3) is 0.923. The molecule has 98 valence electrons. The average molecular weight is 240 g/mol. The molecule has 0 aliphatic carbocycles. The van der Waals surface area contributed by atoms with Gasteiger partial charge < -0.3 is 15.0 Å². The molecule has 2 heterocycles. The van der Waals surface area contributed by atoms with Crippen LogP contribution in [0.1, 0.15) is 32.6 Å². The summed E-state index contributed by atoms with van der Waals surface area (Å²) in [6.07, 6.45) is 4.31. The van der Waals surface area contributed by atoms with Crippen molar-refractivity contribution in [1.82, 2.24) is 10.2 Å². The predicted octanol–water partition coefficient (Wildman–Crippen LogP) is 1.01. The van der Waals surface area contributed by atoms with E-state index in [0.29, 0.717) is 12.0 Å². The first kappa shape index (κ1) is 12.8. The molecule has 3 atom stereocenters. The van der Waals surface area contributed by atoms with Gasteiger partial charge in [-0.25, -0.2) is 0 Å². The van der Waals surface area contributed by atoms with E-state index in [4.69, 9.17) is 4.74 Å². The molecule has 2 saturated heterocycles. The number of nitrogens with one attached hydrogen (secondary N) is 1. The van der Waals surface area contributed by atoms with Gasteiger partial charge in [-0.1, -0.05) is 6.92 Å². The van der Waals surface area contributed by atoms with E-state index in [0.717, 1.165) is 39.0 Å². The second-order valence-electron chi connectivity index (χ2n) is 5.30. The van der Waals surface area contributed by atoms with Crippen LogP contribution in [0.5, 0.6) is 0 Å². The minimum atomic E-state index is -0.188. The summed E-state index contributed by atoms with van der Waals surface area (Å²) in [5.41, 5.74) is 0. The van der Waals surface area contributed by atoms with Gasteiger partial charge in [0.05, 0.1) is 0 Å². The highest BCUT2D eigenvalue weighted by atomic mass is 16.5. The maximum Gasteiger partial charge on any atom is 0.252 e. The molecule has 2 fully saturated rings. The standard InChI is InChI=1S/C13H24N2O2/c1-10-6-8-17-12(10)13(16)15-7-4-3-5-11(15)9-14-2/h10-12,14H,3-9H2,1-2H3. The van der Waals surface area contributed by atoms with E-state index < -0.39 is 0 Å². The molecular weight excluding hydrogens is 216 g/mol. The van der Waals surface area contributed by atoms with Crippen LogP contribution in [-0.2, 0) is 9.53 Å². The molecule has 3 unspecified atom stereocenters. The van der Waals surface area contributed by atoms with Crippen LogP contribution in [0.15, 0.2) is 0 Å². The minimum Gasteiger partial charge on any atom is -0.368 e. The zero-order valence-electron chi connectivity index (χ0n) is 10.9. The predicted molar refractivity (Wildman–Crippen MR) is 66.8 cm³/mol. The molecule has 4 nitrogen and oxygen atoms in total. The smallest absolute Gasteiger partial charge is 0.252 e. The van der Waals surface area contributed by atoms with E-state index in [2.05, 4.69) is 12.2 Å². The monoisotopic (exact) mass is 240 g/mol. The van der Waals surface area contributed by atoms with Crippen LogP contribution in [0.25, 0.3) is 0 Å². The molecule has 0 bridgehead atoms. The van der Waals surface area contributed by atoms with Gasteiger partial charge in [-0.15, -0.1) is 0 Å². The Balaban J connectivity index is 2.00. The number of piperidine rings is 1. The number of carbonyl (C=O) groups is 1. The first-order valence-electron chi connectivity index (χ1n) is 6.80. The fourth-order valence-corrected chi connectivity index (χ4v) is 2.91. The molecule has 4 heteroatoms. The van der Waals surface area contributed by atoms with Gasteiger partial charge in [0.2, 0.25) is 0 Å². The van der Waals surface area contributed by atoms with Gasteiger partial charge in [0.1, 0.15) is 6.10 Å². The third-order valence-electron chi connectivity index (χ3n) is 3.98. The van der Waals surface area contributed by atoms with Crippen LogP contribution in [0, 0.1) is 5.92 Å². The summed E-state index contributed by atoms with van der Waals surface area (Å²) in [7, 11) is 1.95. The lowest BCUT2D eigenvalue weighted by Crippen LogP contribution is -2.52. The second kappa shape index (κ2) is 5.83. The van der Waals surface area contributed by atoms with Crippen LogP contribution in [0.3, 0.4) is 0 Å². The van der Waals surface area contributed by atoms with Gasteiger partial charge in [-0.2, -0.15) is 0 Å². The Kier molecular flexibility index (Phi) is 4.40. The Bertz CT molecular complexity index is 268. The van der Waals surface area contributed by atoms with Crippen molar-refractivity contribution in [1.29, 1.82) is 0 Å². The summed E-state index contributed by atoms with van der Waals surface area (Å²) in [5, 5.41) is 3.19. The summed E-state index contributed by atoms with van der Waals surface area (Å²) < 4.78 is 5.60. The highest BCUT2D eigenvalue weighted by molar-refractivity contribution is 5.82. The fourth-order valence-electron chi connectivity index (χ4n) is 2.91. The third-order valence-corrected chi connectivity index (χ3v) is 3.98. The number of amides is 1. The van der Waals surface area contributed by atoms with Crippen LogP contribution >= 0.6 is 0 Å². The number of carbonyl (C=O) groups excluding carboxylic acids is 1. The highest BCUT2D eigenvalue weighted by Gasteiger charge is 2.37. The molecule has 2 aliphatic heterocycles. The largest absolute Gasteiger partial charge is 0.368 e. The van der Waals surface area contributed by atoms with E-state index in [-0.39, 0.29) is 12.0 Å². The first-order chi connectivity index (χ1) is 8.24. The summed E-state index contributed by atoms with van der Waals surface area (Å²) >= 11 is 0. The van der Waals surface area contributed by atoms with Crippen molar-refractivity contribution in [3.63, 3.8) is 0 Å². The van der Waals surface area contributed by atoms with Crippen molar-refractivity contribution in [2.75, 3.05) is 26.7 Å². The number of likely N-dealkylation sites (tertiary alicyclic amines) is 1. The molecule has 0 radical (unpaired) electrons. The van der Waals surface area contributed by atoms with Crippen LogP contribution in [0.2, 0.25) is 0 Å². The number of hydrogen-bond acceptors (Lipinski definition) is 3. The van der Waals surface area contributed by atoms with Gasteiger partial charge in [-0.05, 0) is 38.6 Å². The lowest BCUT2D eigenvalue weighted by molar-refractivity contribution is -0.146.